The van der Waals surface area contributed by atoms with Crippen molar-refractivity contribution in [3.8, 4) is 0 Å². The second-order valence-corrected chi connectivity index (χ2v) is 6.07. The summed E-state index contributed by atoms with van der Waals surface area (Å²) in [5.74, 6) is 0.121. The fourth-order valence-corrected chi connectivity index (χ4v) is 2.91. The predicted molar refractivity (Wildman–Crippen MR) is 88.1 cm³/mol. The fourth-order valence-electron chi connectivity index (χ4n) is 1.97. The summed E-state index contributed by atoms with van der Waals surface area (Å²) in [4.78, 5) is 14.5. The van der Waals surface area contributed by atoms with Crippen LogP contribution in [-0.2, 0) is 4.74 Å². The maximum atomic E-state index is 12.4. The number of nitrogens with two attached hydrogens (primary N) is 1. The van der Waals surface area contributed by atoms with Crippen LogP contribution in [0.4, 0.5) is 10.8 Å². The molecule has 0 aliphatic heterocycles. The van der Waals surface area contributed by atoms with E-state index in [9.17, 15) is 4.79 Å². The van der Waals surface area contributed by atoms with Crippen molar-refractivity contribution in [2.24, 2.45) is 0 Å². The molecule has 1 aromatic heterocycles. The van der Waals surface area contributed by atoms with Crippen LogP contribution in [-0.4, -0.2) is 42.6 Å². The fraction of sp³-hybridized carbons (Fsp3) is 0.714. The van der Waals surface area contributed by atoms with Gasteiger partial charge in [0.2, 0.25) is 0 Å². The molecule has 1 heterocycles. The van der Waals surface area contributed by atoms with Crippen LogP contribution in [0.2, 0.25) is 0 Å². The first-order valence-corrected chi connectivity index (χ1v) is 8.01. The molecular formula is C14H26N4O2S. The minimum absolute atomic E-state index is 0.0562. The summed E-state index contributed by atoms with van der Waals surface area (Å²) in [6.07, 6.45) is 0.965. The Labute approximate surface area is 130 Å². The second-order valence-electron chi connectivity index (χ2n) is 5.32. The molecule has 1 aromatic rings. The van der Waals surface area contributed by atoms with Crippen molar-refractivity contribution in [2.45, 2.75) is 46.2 Å². The maximum Gasteiger partial charge on any atom is 0.258 e. The molecule has 1 unspecified atom stereocenters. The second kappa shape index (κ2) is 8.19. The van der Waals surface area contributed by atoms with Crippen molar-refractivity contribution in [3.05, 3.63) is 5.56 Å². The zero-order valence-electron chi connectivity index (χ0n) is 13.5. The van der Waals surface area contributed by atoms with Gasteiger partial charge in [0, 0.05) is 25.7 Å². The molecule has 0 spiro atoms. The van der Waals surface area contributed by atoms with Crippen molar-refractivity contribution in [1.29, 1.82) is 0 Å². The molecule has 0 aromatic carbocycles. The molecule has 6 nitrogen and oxygen atoms in total. The van der Waals surface area contributed by atoms with Crippen molar-refractivity contribution in [2.75, 3.05) is 30.9 Å². The van der Waals surface area contributed by atoms with Gasteiger partial charge < -0.3 is 20.7 Å². The highest BCUT2D eigenvalue weighted by Crippen LogP contribution is 2.32. The van der Waals surface area contributed by atoms with Crippen molar-refractivity contribution in [1.82, 2.24) is 9.69 Å². The first-order chi connectivity index (χ1) is 9.92. The molecule has 0 aliphatic rings. The number of anilines is 2. The van der Waals surface area contributed by atoms with Gasteiger partial charge in [-0.05, 0) is 38.7 Å². The summed E-state index contributed by atoms with van der Waals surface area (Å²) in [6.45, 7) is 9.37. The van der Waals surface area contributed by atoms with E-state index in [1.165, 1.54) is 11.5 Å². The van der Waals surface area contributed by atoms with E-state index in [4.69, 9.17) is 10.5 Å². The molecule has 1 rings (SSSR count). The summed E-state index contributed by atoms with van der Waals surface area (Å²) < 4.78 is 9.34. The standard InChI is InChI=1S/C14H26N4O2S/c1-6-10(4)18(7-8-20-5)14-11(12(15)17-21-14)13(19)16-9(2)3/h9-10H,6-8H2,1-5H3,(H2,15,17)(H,16,19). The average molecular weight is 314 g/mol. The van der Waals surface area contributed by atoms with Crippen LogP contribution in [0.5, 0.6) is 0 Å². The van der Waals surface area contributed by atoms with E-state index in [0.29, 0.717) is 24.5 Å². The molecule has 1 amide bonds. The SMILES string of the molecule is CCC(C)N(CCOC)c1snc(N)c1C(=O)NC(C)C. The van der Waals surface area contributed by atoms with Gasteiger partial charge in [-0.2, -0.15) is 4.37 Å². The van der Waals surface area contributed by atoms with Crippen LogP contribution in [0, 0.1) is 0 Å². The van der Waals surface area contributed by atoms with E-state index in [1.54, 1.807) is 7.11 Å². The molecule has 0 aliphatic carbocycles. The molecule has 0 radical (unpaired) electrons. The number of rotatable bonds is 8. The Morgan fingerprint density at radius 2 is 2.14 bits per heavy atom. The zero-order valence-corrected chi connectivity index (χ0v) is 14.3. The van der Waals surface area contributed by atoms with Crippen molar-refractivity contribution < 1.29 is 9.53 Å². The first-order valence-electron chi connectivity index (χ1n) is 7.23. The van der Waals surface area contributed by atoms with E-state index in [0.717, 1.165) is 11.4 Å². The van der Waals surface area contributed by atoms with E-state index in [-0.39, 0.29) is 18.0 Å². The lowest BCUT2D eigenvalue weighted by molar-refractivity contribution is 0.0944. The number of carbonyl (C=O) groups is 1. The van der Waals surface area contributed by atoms with Gasteiger partial charge in [0.15, 0.2) is 5.82 Å². The lowest BCUT2D eigenvalue weighted by atomic mass is 10.2. The minimum Gasteiger partial charge on any atom is -0.383 e. The number of methoxy groups -OCH3 is 1. The number of nitrogen functional groups attached to an aromatic ring is 1. The van der Waals surface area contributed by atoms with E-state index >= 15 is 0 Å². The van der Waals surface area contributed by atoms with Gasteiger partial charge >= 0.3 is 0 Å². The average Bonchev–Trinajstić information content (AvgIpc) is 2.80. The van der Waals surface area contributed by atoms with Gasteiger partial charge in [-0.3, -0.25) is 4.79 Å². The van der Waals surface area contributed by atoms with Crippen LogP contribution < -0.4 is 16.0 Å². The highest BCUT2D eigenvalue weighted by Gasteiger charge is 2.26. The van der Waals surface area contributed by atoms with Crippen LogP contribution in [0.3, 0.4) is 0 Å². The van der Waals surface area contributed by atoms with E-state index in [1.807, 2.05) is 13.8 Å². The van der Waals surface area contributed by atoms with Crippen LogP contribution in [0.15, 0.2) is 0 Å². The minimum atomic E-state index is -0.169. The number of nitrogens with zero attached hydrogens (tertiary/aromatic N) is 2. The van der Waals surface area contributed by atoms with Gasteiger partial charge in [-0.1, -0.05) is 6.92 Å². The molecule has 0 saturated carbocycles. The van der Waals surface area contributed by atoms with Crippen LogP contribution >= 0.6 is 11.5 Å². The lowest BCUT2D eigenvalue weighted by Crippen LogP contribution is -2.37. The van der Waals surface area contributed by atoms with Gasteiger partial charge in [0.05, 0.1) is 6.61 Å². The Hall–Kier alpha value is -1.34. The quantitative estimate of drug-likeness (QED) is 0.768. The van der Waals surface area contributed by atoms with Gasteiger partial charge in [0.1, 0.15) is 10.6 Å². The first kappa shape index (κ1) is 17.7. The summed E-state index contributed by atoms with van der Waals surface area (Å²) >= 11 is 1.27. The smallest absolute Gasteiger partial charge is 0.258 e. The number of hydrogen-bond donors (Lipinski definition) is 2. The van der Waals surface area contributed by atoms with Crippen molar-refractivity contribution >= 4 is 28.3 Å². The third-order valence-electron chi connectivity index (χ3n) is 3.27. The Bertz CT molecular complexity index is 462. The van der Waals surface area contributed by atoms with Gasteiger partial charge in [0.25, 0.3) is 5.91 Å². The third kappa shape index (κ3) is 4.57. The lowest BCUT2D eigenvalue weighted by Gasteiger charge is -2.29. The van der Waals surface area contributed by atoms with Crippen molar-refractivity contribution in [3.63, 3.8) is 0 Å². The molecule has 0 bridgehead atoms. The van der Waals surface area contributed by atoms with Crippen LogP contribution in [0.1, 0.15) is 44.5 Å². The Morgan fingerprint density at radius 1 is 1.48 bits per heavy atom. The van der Waals surface area contributed by atoms with Gasteiger partial charge in [-0.25, -0.2) is 0 Å². The number of aromatic nitrogens is 1. The number of ether oxygens (including phenoxy) is 1. The molecule has 7 heteroatoms. The summed E-state index contributed by atoms with van der Waals surface area (Å²) in [6, 6.07) is 0.339. The summed E-state index contributed by atoms with van der Waals surface area (Å²) in [7, 11) is 1.67. The largest absolute Gasteiger partial charge is 0.383 e. The summed E-state index contributed by atoms with van der Waals surface area (Å²) in [5.41, 5.74) is 6.38. The highest BCUT2D eigenvalue weighted by atomic mass is 32.1. The Balaban J connectivity index is 3.11. The Morgan fingerprint density at radius 3 is 2.67 bits per heavy atom. The molecule has 3 N–H and O–H groups in total. The molecule has 120 valence electrons. The normalized spacial score (nSPS) is 12.5. The molecule has 0 fully saturated rings. The monoisotopic (exact) mass is 314 g/mol. The highest BCUT2D eigenvalue weighted by molar-refractivity contribution is 7.11. The topological polar surface area (TPSA) is 80.5 Å². The third-order valence-corrected chi connectivity index (χ3v) is 4.17. The molecule has 0 saturated heterocycles. The Kier molecular flexibility index (Phi) is 6.91. The number of amides is 1. The molecular weight excluding hydrogens is 288 g/mol. The number of nitrogens with one attached hydrogen (secondary N) is 1. The van der Waals surface area contributed by atoms with Gasteiger partial charge in [-0.15, -0.1) is 0 Å². The molecule has 1 atom stereocenters. The van der Waals surface area contributed by atoms with Crippen LogP contribution in [0.25, 0.3) is 0 Å². The zero-order chi connectivity index (χ0) is 16.0. The predicted octanol–water partition coefficient (Wildman–Crippen LogP) is 2.11. The maximum absolute atomic E-state index is 12.4. The number of carbonyl (C=O) groups excluding carboxylic acids is 1. The summed E-state index contributed by atoms with van der Waals surface area (Å²) in [5, 5.41) is 3.70. The van der Waals surface area contributed by atoms with E-state index in [2.05, 4.69) is 28.4 Å². The molecule has 21 heavy (non-hydrogen) atoms. The number of hydrogen-bond acceptors (Lipinski definition) is 6. The van der Waals surface area contributed by atoms with E-state index < -0.39 is 0 Å².